The van der Waals surface area contributed by atoms with Crippen LogP contribution in [-0.2, 0) is 16.6 Å². The molecule has 5 aliphatic rings. The first-order chi connectivity index (χ1) is 13.6. The number of carbonyl (C=O) groups excluding carboxylic acids is 2. The number of nitrogens with two attached hydrogens (primary N) is 1. The third-order valence-corrected chi connectivity index (χ3v) is 7.22. The number of halogens is 3. The van der Waals surface area contributed by atoms with Gasteiger partial charge < -0.3 is 20.0 Å². The number of nitrogens with zero attached hydrogens (tertiary/aromatic N) is 4. The summed E-state index contributed by atoms with van der Waals surface area (Å²) in [5, 5.41) is 7.40. The molecule has 3 aliphatic carbocycles. The van der Waals surface area contributed by atoms with E-state index in [2.05, 4.69) is 10.2 Å². The highest BCUT2D eigenvalue weighted by molar-refractivity contribution is 5.80. The second-order valence-corrected chi connectivity index (χ2v) is 9.18. The molecule has 2 bridgehead atoms. The summed E-state index contributed by atoms with van der Waals surface area (Å²) >= 11 is 0. The van der Waals surface area contributed by atoms with Gasteiger partial charge in [-0.2, -0.15) is 13.2 Å². The van der Waals surface area contributed by atoms with Gasteiger partial charge in [0.05, 0.1) is 11.3 Å². The summed E-state index contributed by atoms with van der Waals surface area (Å²) in [4.78, 5) is 27.3. The van der Waals surface area contributed by atoms with E-state index >= 15 is 0 Å². The molecule has 5 fully saturated rings. The van der Waals surface area contributed by atoms with Gasteiger partial charge in [-0.3, -0.25) is 4.79 Å². The average molecular weight is 413 g/mol. The Morgan fingerprint density at radius 1 is 1.14 bits per heavy atom. The highest BCUT2D eigenvalue weighted by atomic mass is 19.4. The Kier molecular flexibility index (Phi) is 3.77. The zero-order chi connectivity index (χ0) is 20.6. The first-order valence-corrected chi connectivity index (χ1v) is 9.82. The van der Waals surface area contributed by atoms with Crippen molar-refractivity contribution in [1.82, 2.24) is 20.0 Å². The van der Waals surface area contributed by atoms with Crippen LogP contribution in [0.4, 0.5) is 18.0 Å². The average Bonchev–Trinajstić information content (AvgIpc) is 3.14. The van der Waals surface area contributed by atoms with Gasteiger partial charge in [0.2, 0.25) is 17.7 Å². The predicted molar refractivity (Wildman–Crippen MR) is 91.4 cm³/mol. The first-order valence-electron chi connectivity index (χ1n) is 9.82. The highest BCUT2D eigenvalue weighted by Crippen LogP contribution is 2.77. The molecule has 2 aliphatic heterocycles. The number of alkyl halides is 3. The van der Waals surface area contributed by atoms with Gasteiger partial charge in [0.25, 0.3) is 0 Å². The molecule has 29 heavy (non-hydrogen) atoms. The maximum absolute atomic E-state index is 12.6. The molecule has 1 aromatic rings. The second-order valence-electron chi connectivity index (χ2n) is 9.18. The number of hydrogen-bond donors (Lipinski definition) is 1. The Morgan fingerprint density at radius 2 is 1.83 bits per heavy atom. The van der Waals surface area contributed by atoms with E-state index in [9.17, 15) is 22.8 Å². The van der Waals surface area contributed by atoms with E-state index in [1.807, 2.05) is 0 Å². The van der Waals surface area contributed by atoms with E-state index in [4.69, 9.17) is 10.2 Å². The minimum Gasteiger partial charge on any atom is -0.424 e. The molecule has 1 aromatic heterocycles. The maximum Gasteiger partial charge on any atom is 0.397 e. The minimum absolute atomic E-state index is 0.0417. The van der Waals surface area contributed by atoms with Crippen molar-refractivity contribution in [3.63, 3.8) is 0 Å². The predicted octanol–water partition coefficient (Wildman–Crippen LogP) is 1.46. The van der Waals surface area contributed by atoms with Crippen molar-refractivity contribution < 1.29 is 27.2 Å². The van der Waals surface area contributed by atoms with Crippen molar-refractivity contribution >= 4 is 11.9 Å². The van der Waals surface area contributed by atoms with E-state index < -0.39 is 12.6 Å². The van der Waals surface area contributed by atoms with Gasteiger partial charge in [-0.1, -0.05) is 0 Å². The lowest BCUT2D eigenvalue weighted by atomic mass is 9.31. The zero-order valence-corrected chi connectivity index (χ0v) is 15.7. The first kappa shape index (κ1) is 18.7. The highest BCUT2D eigenvalue weighted by Gasteiger charge is 2.74. The van der Waals surface area contributed by atoms with Crippen molar-refractivity contribution in [2.75, 3.05) is 26.2 Å². The molecule has 1 atom stereocenters. The molecule has 3 saturated carbocycles. The topological polar surface area (TPSA) is 106 Å². The van der Waals surface area contributed by atoms with Crippen LogP contribution in [0.1, 0.15) is 37.5 Å². The Balaban J connectivity index is 1.12. The molecule has 158 valence electrons. The minimum atomic E-state index is -4.36. The van der Waals surface area contributed by atoms with Gasteiger partial charge in [0.1, 0.15) is 6.42 Å². The van der Waals surface area contributed by atoms with Crippen molar-refractivity contribution in [1.29, 1.82) is 0 Å². The molecule has 3 heterocycles. The Bertz CT molecular complexity index is 843. The van der Waals surface area contributed by atoms with Crippen LogP contribution in [0.5, 0.6) is 0 Å². The van der Waals surface area contributed by atoms with Crippen molar-refractivity contribution in [2.45, 2.75) is 43.7 Å². The van der Waals surface area contributed by atoms with E-state index in [0.717, 1.165) is 19.3 Å². The fraction of sp³-hybridized carbons (Fsp3) is 0.778. The fourth-order valence-electron chi connectivity index (χ4n) is 5.63. The quantitative estimate of drug-likeness (QED) is 0.805. The Morgan fingerprint density at radius 3 is 2.41 bits per heavy atom. The molecule has 0 aromatic carbocycles. The largest absolute Gasteiger partial charge is 0.424 e. The summed E-state index contributed by atoms with van der Waals surface area (Å²) in [5.74, 6) is -0.294. The zero-order valence-electron chi connectivity index (χ0n) is 15.7. The number of urea groups is 1. The molecule has 0 radical (unpaired) electrons. The molecular weight excluding hydrogens is 391 g/mol. The molecule has 11 heteroatoms. The van der Waals surface area contributed by atoms with Gasteiger partial charge in [-0.25, -0.2) is 4.79 Å². The van der Waals surface area contributed by atoms with Crippen LogP contribution >= 0.6 is 0 Å². The molecule has 2 saturated heterocycles. The van der Waals surface area contributed by atoms with Crippen molar-refractivity contribution in [3.05, 3.63) is 11.8 Å². The van der Waals surface area contributed by atoms with Gasteiger partial charge in [0, 0.05) is 26.2 Å². The molecule has 3 amide bonds. The molecular formula is C18H22F3N5O3. The van der Waals surface area contributed by atoms with E-state index in [1.54, 1.807) is 9.80 Å². The maximum atomic E-state index is 12.6. The van der Waals surface area contributed by atoms with Crippen LogP contribution in [0.3, 0.4) is 0 Å². The van der Waals surface area contributed by atoms with Crippen molar-refractivity contribution in [3.8, 4) is 0 Å². The summed E-state index contributed by atoms with van der Waals surface area (Å²) in [5.41, 5.74) is 5.18. The lowest BCUT2D eigenvalue weighted by Gasteiger charge is -2.74. The normalized spacial score (nSPS) is 33.8. The number of hydrogen-bond acceptors (Lipinski definition) is 5. The number of aromatic nitrogens is 2. The summed E-state index contributed by atoms with van der Waals surface area (Å²) in [6.07, 6.45) is -2.46. The van der Waals surface area contributed by atoms with Crippen molar-refractivity contribution in [2.24, 2.45) is 23.0 Å². The lowest BCUT2D eigenvalue weighted by Crippen LogP contribution is -2.73. The fourth-order valence-corrected chi connectivity index (χ4v) is 5.63. The second kappa shape index (κ2) is 5.85. The monoisotopic (exact) mass is 413 g/mol. The smallest absolute Gasteiger partial charge is 0.397 e. The van der Waals surface area contributed by atoms with Crippen LogP contribution in [0.15, 0.2) is 4.42 Å². The molecule has 8 nitrogen and oxygen atoms in total. The number of likely N-dealkylation sites (tertiary alicyclic amines) is 2. The van der Waals surface area contributed by atoms with Gasteiger partial charge in [-0.05, 0) is 37.0 Å². The summed E-state index contributed by atoms with van der Waals surface area (Å²) < 4.78 is 42.7. The SMILES string of the molecule is NC(=O)[C@H]1CCN(C(=O)N2CC(C34CC(c5nnc(CC(F)(F)F)o5)(C3)C4)C2)C1. The third kappa shape index (κ3) is 2.88. The number of amides is 3. The molecule has 6 rings (SSSR count). The van der Waals surface area contributed by atoms with Gasteiger partial charge in [-0.15, -0.1) is 10.2 Å². The van der Waals surface area contributed by atoms with E-state index in [-0.39, 0.29) is 34.6 Å². The summed E-state index contributed by atoms with van der Waals surface area (Å²) in [6.45, 7) is 2.30. The third-order valence-electron chi connectivity index (χ3n) is 7.22. The standard InChI is InChI=1S/C18H22F3N5O3/c19-18(20,21)3-12-23-24-14(29-12)17-7-16(8-17,9-17)11-5-26(6-11)15(28)25-2-1-10(4-25)13(22)27/h10-11H,1-9H2,(H2,22,27)/t10-,16?,17?/m0/s1. The Labute approximate surface area is 164 Å². The summed E-state index contributed by atoms with van der Waals surface area (Å²) in [7, 11) is 0. The van der Waals surface area contributed by atoms with Crippen LogP contribution in [0.25, 0.3) is 0 Å². The molecule has 2 N–H and O–H groups in total. The number of rotatable bonds is 4. The molecule has 0 unspecified atom stereocenters. The van der Waals surface area contributed by atoms with E-state index in [1.165, 1.54) is 0 Å². The number of carbonyl (C=O) groups is 2. The van der Waals surface area contributed by atoms with Gasteiger partial charge >= 0.3 is 12.2 Å². The van der Waals surface area contributed by atoms with Crippen LogP contribution in [-0.4, -0.2) is 64.3 Å². The van der Waals surface area contributed by atoms with E-state index in [0.29, 0.717) is 44.4 Å². The van der Waals surface area contributed by atoms with Gasteiger partial charge in [0.15, 0.2) is 0 Å². The summed E-state index contributed by atoms with van der Waals surface area (Å²) in [6, 6.07) is -0.0417. The Hall–Kier alpha value is -2.33. The molecule has 0 spiro atoms. The van der Waals surface area contributed by atoms with Crippen LogP contribution in [0, 0.1) is 17.3 Å². The van der Waals surface area contributed by atoms with Crippen LogP contribution < -0.4 is 5.73 Å². The van der Waals surface area contributed by atoms with Crippen LogP contribution in [0.2, 0.25) is 0 Å². The lowest BCUT2D eigenvalue weighted by molar-refractivity contribution is -0.216. The number of primary amides is 1.